The average molecular weight is 578 g/mol. The lowest BCUT2D eigenvalue weighted by molar-refractivity contribution is -0.122. The second kappa shape index (κ2) is 12.2. The van der Waals surface area contributed by atoms with Crippen LogP contribution < -0.4 is 10.4 Å². The van der Waals surface area contributed by atoms with E-state index in [1.807, 2.05) is 13.0 Å². The third-order valence-electron chi connectivity index (χ3n) is 8.69. The molecular formula is C30H34B2ClNO7. The maximum atomic E-state index is 13.9. The number of halogens is 1. The molecule has 2 saturated heterocycles. The number of anilines is 1. The van der Waals surface area contributed by atoms with Gasteiger partial charge in [0.2, 0.25) is 11.8 Å². The van der Waals surface area contributed by atoms with Gasteiger partial charge in [0.25, 0.3) is 0 Å². The van der Waals surface area contributed by atoms with Gasteiger partial charge in [-0.3, -0.25) is 14.5 Å². The lowest BCUT2D eigenvalue weighted by atomic mass is 9.58. The molecule has 2 heterocycles. The van der Waals surface area contributed by atoms with Crippen molar-refractivity contribution in [2.24, 2.45) is 17.8 Å². The second-order valence-corrected chi connectivity index (χ2v) is 11.5. The van der Waals surface area contributed by atoms with Crippen LogP contribution in [-0.4, -0.2) is 52.3 Å². The number of hydrogen-bond acceptors (Lipinski definition) is 7. The molecule has 2 amide bonds. The lowest BCUT2D eigenvalue weighted by Gasteiger charge is -2.43. The number of nitrogens with zero attached hydrogens (tertiary/aromatic N) is 1. The Bertz CT molecular complexity index is 1410. The molecule has 3 aliphatic rings. The van der Waals surface area contributed by atoms with Crippen LogP contribution >= 0.6 is 11.6 Å². The fourth-order valence-corrected chi connectivity index (χ4v) is 6.93. The van der Waals surface area contributed by atoms with Crippen LogP contribution in [0.15, 0.2) is 59.2 Å². The van der Waals surface area contributed by atoms with E-state index < -0.39 is 32.2 Å². The minimum Gasteiger partial charge on any atom is -0.508 e. The smallest absolute Gasteiger partial charge is 0.488 e. The highest BCUT2D eigenvalue weighted by atomic mass is 35.5. The molecule has 5 rings (SSSR count). The summed E-state index contributed by atoms with van der Waals surface area (Å²) in [6.07, 6.45) is 5.07. The van der Waals surface area contributed by atoms with Gasteiger partial charge in [-0.15, -0.1) is 0 Å². The van der Waals surface area contributed by atoms with Crippen LogP contribution in [0, 0.1) is 17.8 Å². The zero-order valence-electron chi connectivity index (χ0n) is 23.2. The number of hydrogen-bond donors (Lipinski definition) is 4. The van der Waals surface area contributed by atoms with Crippen molar-refractivity contribution in [1.82, 2.24) is 0 Å². The van der Waals surface area contributed by atoms with Crippen LogP contribution in [0.4, 0.5) is 5.69 Å². The molecular weight excluding hydrogens is 543 g/mol. The van der Waals surface area contributed by atoms with E-state index in [0.717, 1.165) is 28.7 Å². The molecule has 4 atom stereocenters. The summed E-state index contributed by atoms with van der Waals surface area (Å²) in [6.45, 7) is 4.10. The number of imide groups is 1. The Hall–Kier alpha value is -2.88. The Morgan fingerprint density at radius 1 is 1.15 bits per heavy atom. The Morgan fingerprint density at radius 2 is 1.93 bits per heavy atom. The van der Waals surface area contributed by atoms with Crippen molar-refractivity contribution in [2.75, 3.05) is 4.90 Å². The van der Waals surface area contributed by atoms with Gasteiger partial charge in [-0.05, 0) is 91.3 Å². The maximum absolute atomic E-state index is 13.9. The van der Waals surface area contributed by atoms with Crippen LogP contribution in [0.3, 0.4) is 0 Å². The minimum absolute atomic E-state index is 0.104. The van der Waals surface area contributed by atoms with Gasteiger partial charge in [0.15, 0.2) is 0 Å². The molecule has 0 aromatic heterocycles. The predicted octanol–water partition coefficient (Wildman–Crippen LogP) is 3.71. The number of phenols is 1. The zero-order chi connectivity index (χ0) is 29.4. The van der Waals surface area contributed by atoms with E-state index >= 15 is 0 Å². The molecule has 0 bridgehead atoms. The summed E-state index contributed by atoms with van der Waals surface area (Å²) in [5, 5.41) is 40.2. The first-order valence-electron chi connectivity index (χ1n) is 14.2. The largest absolute Gasteiger partial charge is 0.508 e. The van der Waals surface area contributed by atoms with E-state index in [4.69, 9.17) is 16.3 Å². The van der Waals surface area contributed by atoms with Gasteiger partial charge in [-0.25, -0.2) is 0 Å². The number of phenolic OH excluding ortho intramolecular Hbond substituents is 1. The summed E-state index contributed by atoms with van der Waals surface area (Å²) in [7, 11) is -2.78. The third kappa shape index (κ3) is 5.76. The summed E-state index contributed by atoms with van der Waals surface area (Å²) >= 11 is 6.33. The van der Waals surface area contributed by atoms with E-state index in [0.29, 0.717) is 36.4 Å². The Balaban J connectivity index is 1.42. The topological polar surface area (TPSA) is 128 Å². The first-order chi connectivity index (χ1) is 19.6. The van der Waals surface area contributed by atoms with E-state index in [9.17, 15) is 29.8 Å². The highest BCUT2D eigenvalue weighted by Gasteiger charge is 2.57. The third-order valence-corrected chi connectivity index (χ3v) is 9.01. The molecule has 41 heavy (non-hydrogen) atoms. The quantitative estimate of drug-likeness (QED) is 0.214. The maximum Gasteiger partial charge on any atom is 0.488 e. The SMILES string of the molecule is CCC1=C2[C@@H](CC/C(=C/c3ccc(O)cc3Cl)CC)OB(O)C[C@@H]2[C@@H]2C(=O)N(c3cccc(B(O)O)c3)C(=O)[C@@H]2C1. The monoisotopic (exact) mass is 577 g/mol. The number of benzene rings is 2. The van der Waals surface area contributed by atoms with Crippen molar-refractivity contribution in [3.63, 3.8) is 0 Å². The van der Waals surface area contributed by atoms with Gasteiger partial charge < -0.3 is 24.8 Å². The minimum atomic E-state index is -1.72. The van der Waals surface area contributed by atoms with Gasteiger partial charge >= 0.3 is 14.2 Å². The number of carbonyl (C=O) groups is 2. The van der Waals surface area contributed by atoms with Gasteiger partial charge in [-0.2, -0.15) is 0 Å². The van der Waals surface area contributed by atoms with Crippen molar-refractivity contribution in [3.8, 4) is 5.75 Å². The van der Waals surface area contributed by atoms with Crippen molar-refractivity contribution in [1.29, 1.82) is 0 Å². The van der Waals surface area contributed by atoms with Crippen molar-refractivity contribution in [3.05, 3.63) is 69.8 Å². The first-order valence-corrected chi connectivity index (χ1v) is 14.6. The van der Waals surface area contributed by atoms with E-state index in [-0.39, 0.29) is 35.3 Å². The summed E-state index contributed by atoms with van der Waals surface area (Å²) in [5.41, 5.74) is 4.58. The van der Waals surface area contributed by atoms with Crippen LogP contribution in [0.1, 0.15) is 51.5 Å². The standard InChI is InChI=1S/C30H34B2ClNO7/c1-3-17(12-19-9-10-22(35)15-25(19)33)8-11-26-27-18(4-2)13-23-28(24(27)16-31(38)41-26)30(37)34(29(23)36)21-7-5-6-20(14-21)32(39)40/h5-7,9-10,12,14-15,23-24,26,28,35,38-40H,3-4,8,11,13,16H2,1-2H3/b17-12+/t23-,24+,26-,28-/m1/s1. The van der Waals surface area contributed by atoms with Crippen LogP contribution in [-0.2, 0) is 14.2 Å². The average Bonchev–Trinajstić information content (AvgIpc) is 3.20. The van der Waals surface area contributed by atoms with E-state index in [2.05, 4.69) is 6.92 Å². The molecule has 2 aromatic carbocycles. The molecule has 0 unspecified atom stereocenters. The van der Waals surface area contributed by atoms with E-state index in [1.54, 1.807) is 24.3 Å². The molecule has 0 spiro atoms. The predicted molar refractivity (Wildman–Crippen MR) is 159 cm³/mol. The van der Waals surface area contributed by atoms with Crippen LogP contribution in [0.2, 0.25) is 11.3 Å². The van der Waals surface area contributed by atoms with Crippen LogP contribution in [0.5, 0.6) is 5.75 Å². The van der Waals surface area contributed by atoms with Gasteiger partial charge in [0.05, 0.1) is 28.6 Å². The first kappa shape index (κ1) is 29.6. The molecule has 2 aliphatic heterocycles. The molecule has 11 heteroatoms. The molecule has 4 N–H and O–H groups in total. The molecule has 1 aliphatic carbocycles. The molecule has 0 saturated carbocycles. The normalized spacial score (nSPS) is 24.6. The number of aromatic hydroxyl groups is 1. The molecule has 0 radical (unpaired) electrons. The number of carbonyl (C=O) groups excluding carboxylic acids is 2. The fourth-order valence-electron chi connectivity index (χ4n) is 6.70. The molecule has 214 valence electrons. The second-order valence-electron chi connectivity index (χ2n) is 11.1. The Kier molecular flexibility index (Phi) is 8.78. The fraction of sp³-hybridized carbons (Fsp3) is 0.400. The Labute approximate surface area is 245 Å². The zero-order valence-corrected chi connectivity index (χ0v) is 23.9. The van der Waals surface area contributed by atoms with Crippen LogP contribution in [0.25, 0.3) is 6.08 Å². The summed E-state index contributed by atoms with van der Waals surface area (Å²) in [4.78, 5) is 28.7. The molecule has 8 nitrogen and oxygen atoms in total. The number of allylic oxidation sites excluding steroid dienone is 2. The lowest BCUT2D eigenvalue weighted by Crippen LogP contribution is -2.46. The van der Waals surface area contributed by atoms with Crippen molar-refractivity contribution in [2.45, 2.75) is 58.4 Å². The van der Waals surface area contributed by atoms with Gasteiger partial charge in [0, 0.05) is 0 Å². The molecule has 2 fully saturated rings. The summed E-state index contributed by atoms with van der Waals surface area (Å²) < 4.78 is 6.08. The number of rotatable bonds is 8. The van der Waals surface area contributed by atoms with Gasteiger partial charge in [0.1, 0.15) is 5.75 Å². The number of amides is 2. The van der Waals surface area contributed by atoms with Gasteiger partial charge in [-0.1, -0.05) is 54.8 Å². The highest BCUT2D eigenvalue weighted by molar-refractivity contribution is 6.58. The summed E-state index contributed by atoms with van der Waals surface area (Å²) in [6, 6.07) is 11.1. The summed E-state index contributed by atoms with van der Waals surface area (Å²) in [5.74, 6) is -2.00. The van der Waals surface area contributed by atoms with Crippen molar-refractivity contribution < 1.29 is 34.4 Å². The van der Waals surface area contributed by atoms with Crippen molar-refractivity contribution >= 4 is 54.9 Å². The molecule has 2 aromatic rings. The highest BCUT2D eigenvalue weighted by Crippen LogP contribution is 2.51. The Morgan fingerprint density at radius 3 is 2.61 bits per heavy atom. The van der Waals surface area contributed by atoms with E-state index in [1.165, 1.54) is 23.1 Å². The number of fused-ring (bicyclic) bond motifs is 3.